The molecule has 0 saturated carbocycles. The van der Waals surface area contributed by atoms with E-state index in [0.717, 1.165) is 16.8 Å². The van der Waals surface area contributed by atoms with Gasteiger partial charge < -0.3 is 10.2 Å². The Labute approximate surface area is 100 Å². The van der Waals surface area contributed by atoms with Crippen LogP contribution in [0.3, 0.4) is 0 Å². The summed E-state index contributed by atoms with van der Waals surface area (Å²) < 4.78 is 4.63. The van der Waals surface area contributed by atoms with Gasteiger partial charge in [0, 0.05) is 6.42 Å². The SMILES string of the molecule is COC(=O)CCc1cc(C)c2c(c1)CN(N)N2. The van der Waals surface area contributed by atoms with Crippen LogP contribution in [0, 0.1) is 6.92 Å². The van der Waals surface area contributed by atoms with E-state index in [1.54, 1.807) is 5.12 Å². The van der Waals surface area contributed by atoms with Crippen molar-refractivity contribution in [3.63, 3.8) is 0 Å². The lowest BCUT2D eigenvalue weighted by Crippen LogP contribution is -2.30. The Morgan fingerprint density at radius 1 is 1.59 bits per heavy atom. The summed E-state index contributed by atoms with van der Waals surface area (Å²) >= 11 is 0. The van der Waals surface area contributed by atoms with Crippen LogP contribution in [0.2, 0.25) is 0 Å². The maximum Gasteiger partial charge on any atom is 0.305 e. The number of anilines is 1. The number of carbonyl (C=O) groups is 1. The molecule has 0 fully saturated rings. The van der Waals surface area contributed by atoms with Crippen molar-refractivity contribution in [2.24, 2.45) is 5.84 Å². The lowest BCUT2D eigenvalue weighted by atomic mass is 10.0. The van der Waals surface area contributed by atoms with Gasteiger partial charge in [-0.25, -0.2) is 0 Å². The number of carbonyl (C=O) groups excluding carboxylic acids is 1. The van der Waals surface area contributed by atoms with Crippen LogP contribution in [0.25, 0.3) is 0 Å². The molecular formula is C12H17N3O2. The topological polar surface area (TPSA) is 67.6 Å². The van der Waals surface area contributed by atoms with E-state index in [9.17, 15) is 4.79 Å². The average molecular weight is 235 g/mol. The normalized spacial score (nSPS) is 14.3. The zero-order chi connectivity index (χ0) is 12.4. The predicted molar refractivity (Wildman–Crippen MR) is 64.9 cm³/mol. The molecule has 0 spiro atoms. The molecule has 0 aromatic heterocycles. The molecule has 3 N–H and O–H groups in total. The Balaban J connectivity index is 2.13. The Morgan fingerprint density at radius 3 is 3.06 bits per heavy atom. The molecule has 1 aliphatic rings. The van der Waals surface area contributed by atoms with Gasteiger partial charge in [0.1, 0.15) is 0 Å². The predicted octanol–water partition coefficient (Wildman–Crippen LogP) is 1.12. The maximum absolute atomic E-state index is 11.1. The first kappa shape index (κ1) is 11.9. The van der Waals surface area contributed by atoms with Gasteiger partial charge in [-0.3, -0.25) is 10.6 Å². The zero-order valence-electron chi connectivity index (χ0n) is 10.1. The molecule has 92 valence electrons. The van der Waals surface area contributed by atoms with Crippen molar-refractivity contribution in [3.05, 3.63) is 28.8 Å². The molecule has 0 bridgehead atoms. The van der Waals surface area contributed by atoms with Crippen LogP contribution in [-0.2, 0) is 22.5 Å². The minimum absolute atomic E-state index is 0.179. The van der Waals surface area contributed by atoms with E-state index < -0.39 is 0 Å². The number of nitrogens with one attached hydrogen (secondary N) is 1. The number of rotatable bonds is 3. The summed E-state index contributed by atoms with van der Waals surface area (Å²) in [5.74, 6) is 5.52. The number of methoxy groups -OCH3 is 1. The third-order valence-corrected chi connectivity index (χ3v) is 2.92. The molecule has 17 heavy (non-hydrogen) atoms. The molecule has 0 saturated heterocycles. The average Bonchev–Trinajstić information content (AvgIpc) is 2.67. The molecular weight excluding hydrogens is 218 g/mol. The highest BCUT2D eigenvalue weighted by Crippen LogP contribution is 2.28. The second kappa shape index (κ2) is 4.73. The Hall–Kier alpha value is -1.59. The van der Waals surface area contributed by atoms with Crippen molar-refractivity contribution >= 4 is 11.7 Å². The molecule has 0 atom stereocenters. The molecule has 2 rings (SSSR count). The fraction of sp³-hybridized carbons (Fsp3) is 0.417. The van der Waals surface area contributed by atoms with Crippen LogP contribution in [-0.4, -0.2) is 18.2 Å². The summed E-state index contributed by atoms with van der Waals surface area (Å²) in [6.45, 7) is 2.72. The smallest absolute Gasteiger partial charge is 0.305 e. The number of nitrogens with zero attached hydrogens (tertiary/aromatic N) is 1. The first-order valence-electron chi connectivity index (χ1n) is 5.58. The van der Waals surface area contributed by atoms with E-state index in [1.165, 1.54) is 12.7 Å². The minimum Gasteiger partial charge on any atom is -0.469 e. The fourth-order valence-electron chi connectivity index (χ4n) is 2.09. The van der Waals surface area contributed by atoms with Crippen molar-refractivity contribution in [3.8, 4) is 0 Å². The van der Waals surface area contributed by atoms with Crippen molar-refractivity contribution in [2.75, 3.05) is 12.5 Å². The van der Waals surface area contributed by atoms with Gasteiger partial charge in [-0.05, 0) is 30.0 Å². The van der Waals surface area contributed by atoms with E-state index in [0.29, 0.717) is 19.4 Å². The van der Waals surface area contributed by atoms with Crippen molar-refractivity contribution in [2.45, 2.75) is 26.3 Å². The second-order valence-corrected chi connectivity index (χ2v) is 4.26. The first-order valence-corrected chi connectivity index (χ1v) is 5.58. The highest BCUT2D eigenvalue weighted by Gasteiger charge is 2.18. The Morgan fingerprint density at radius 2 is 2.35 bits per heavy atom. The zero-order valence-corrected chi connectivity index (χ0v) is 10.1. The lowest BCUT2D eigenvalue weighted by Gasteiger charge is -2.09. The molecule has 0 aliphatic carbocycles. The van der Waals surface area contributed by atoms with Gasteiger partial charge in [-0.2, -0.15) is 5.12 Å². The number of benzene rings is 1. The van der Waals surface area contributed by atoms with Crippen molar-refractivity contribution < 1.29 is 9.53 Å². The Kier molecular flexibility index (Phi) is 3.31. The van der Waals surface area contributed by atoms with E-state index in [4.69, 9.17) is 5.84 Å². The molecule has 1 aromatic rings. The van der Waals surface area contributed by atoms with Gasteiger partial charge in [-0.1, -0.05) is 12.1 Å². The first-order chi connectivity index (χ1) is 8.10. The summed E-state index contributed by atoms with van der Waals surface area (Å²) in [5.41, 5.74) is 7.63. The van der Waals surface area contributed by atoms with Crippen LogP contribution in [0.4, 0.5) is 5.69 Å². The van der Waals surface area contributed by atoms with Gasteiger partial charge in [-0.15, -0.1) is 0 Å². The molecule has 5 heteroatoms. The van der Waals surface area contributed by atoms with Crippen LogP contribution < -0.4 is 11.3 Å². The highest BCUT2D eigenvalue weighted by molar-refractivity contribution is 5.69. The summed E-state index contributed by atoms with van der Waals surface area (Å²) in [5, 5.41) is 1.56. The molecule has 0 amide bonds. The second-order valence-electron chi connectivity index (χ2n) is 4.26. The molecule has 0 radical (unpaired) electrons. The van der Waals surface area contributed by atoms with Gasteiger partial charge in [0.05, 0.1) is 19.3 Å². The fourth-order valence-corrected chi connectivity index (χ4v) is 2.09. The van der Waals surface area contributed by atoms with Gasteiger partial charge >= 0.3 is 5.97 Å². The summed E-state index contributed by atoms with van der Waals surface area (Å²) in [4.78, 5) is 11.1. The number of hydrogen-bond acceptors (Lipinski definition) is 5. The molecule has 1 aromatic carbocycles. The molecule has 5 nitrogen and oxygen atoms in total. The molecule has 1 heterocycles. The monoisotopic (exact) mass is 235 g/mol. The van der Waals surface area contributed by atoms with Crippen LogP contribution in [0.5, 0.6) is 0 Å². The van der Waals surface area contributed by atoms with Crippen LogP contribution in [0.15, 0.2) is 12.1 Å². The van der Waals surface area contributed by atoms with Gasteiger partial charge in [0.2, 0.25) is 0 Å². The third kappa shape index (κ3) is 2.57. The van der Waals surface area contributed by atoms with Crippen LogP contribution in [0.1, 0.15) is 23.1 Å². The Bertz CT molecular complexity index is 446. The standard InChI is InChI=1S/C12H17N3O2/c1-8-5-9(3-4-11(16)17-2)6-10-7-15(13)14-12(8)10/h5-6,14H,3-4,7,13H2,1-2H3. The van der Waals surface area contributed by atoms with Gasteiger partial charge in [0.25, 0.3) is 0 Å². The lowest BCUT2D eigenvalue weighted by molar-refractivity contribution is -0.140. The third-order valence-electron chi connectivity index (χ3n) is 2.92. The van der Waals surface area contributed by atoms with E-state index in [1.807, 2.05) is 6.92 Å². The number of aryl methyl sites for hydroxylation is 2. The quantitative estimate of drug-likeness (QED) is 0.607. The number of fused-ring (bicyclic) bond motifs is 1. The van der Waals surface area contributed by atoms with E-state index in [-0.39, 0.29) is 5.97 Å². The van der Waals surface area contributed by atoms with E-state index >= 15 is 0 Å². The van der Waals surface area contributed by atoms with Gasteiger partial charge in [0.15, 0.2) is 0 Å². The van der Waals surface area contributed by atoms with Crippen molar-refractivity contribution in [1.29, 1.82) is 0 Å². The number of nitrogens with two attached hydrogens (primary N) is 1. The number of hydrazine groups is 2. The molecule has 1 aliphatic heterocycles. The summed E-state index contributed by atoms with van der Waals surface area (Å²) in [6, 6.07) is 4.17. The van der Waals surface area contributed by atoms with Crippen molar-refractivity contribution in [1.82, 2.24) is 5.12 Å². The minimum atomic E-state index is -0.179. The number of hydrogen-bond donors (Lipinski definition) is 2. The van der Waals surface area contributed by atoms with E-state index in [2.05, 4.69) is 22.3 Å². The number of ether oxygens (including phenoxy) is 1. The highest BCUT2D eigenvalue weighted by atomic mass is 16.5. The summed E-state index contributed by atoms with van der Waals surface area (Å²) in [6.07, 6.45) is 1.11. The van der Waals surface area contributed by atoms with Crippen LogP contribution >= 0.6 is 0 Å². The molecule has 0 unspecified atom stereocenters. The summed E-state index contributed by atoms with van der Waals surface area (Å²) in [7, 11) is 1.41. The largest absolute Gasteiger partial charge is 0.469 e. The maximum atomic E-state index is 11.1. The number of esters is 1.